The summed E-state index contributed by atoms with van der Waals surface area (Å²) in [6.07, 6.45) is 0. The minimum Gasteiger partial charge on any atom is -0.507 e. The molecule has 16 heavy (non-hydrogen) atoms. The highest BCUT2D eigenvalue weighted by Crippen LogP contribution is 2.15. The fourth-order valence-corrected chi connectivity index (χ4v) is 0.963. The summed E-state index contributed by atoms with van der Waals surface area (Å²) in [5.41, 5.74) is 8.06. The number of Topliss-reactive ketones (excluding diaryl/α,β-unsaturated/α-hetero) is 1. The maximum Gasteiger partial charge on any atom is 0.330 e. The number of aromatic hydroxyl groups is 1. The minimum atomic E-state index is -1.10. The largest absolute Gasteiger partial charge is 0.507 e. The highest BCUT2D eigenvalue weighted by Gasteiger charge is 2.19. The Bertz CT molecular complexity index is 444. The molecule has 0 aromatic heterocycles. The van der Waals surface area contributed by atoms with Gasteiger partial charge in [0.2, 0.25) is 0 Å². The number of phenols is 1. The number of carbonyl (C=O) groups is 3. The van der Waals surface area contributed by atoms with Gasteiger partial charge in [-0.05, 0) is 12.1 Å². The van der Waals surface area contributed by atoms with E-state index in [4.69, 9.17) is 0 Å². The lowest BCUT2D eigenvalue weighted by Crippen LogP contribution is -2.47. The van der Waals surface area contributed by atoms with Gasteiger partial charge in [-0.15, -0.1) is 0 Å². The standard InChI is InChI=1S/C9H9N3O4/c10-9(16)12-11-8(15)7(14)5-3-1-2-4-6(5)13/h1-4,13H,(H,11,15)(H3,10,12,16). The number of benzene rings is 1. The van der Waals surface area contributed by atoms with Gasteiger partial charge in [-0.2, -0.15) is 0 Å². The number of ketones is 1. The predicted octanol–water partition coefficient (Wildman–Crippen LogP) is -0.726. The summed E-state index contributed by atoms with van der Waals surface area (Å²) >= 11 is 0. The number of urea groups is 1. The summed E-state index contributed by atoms with van der Waals surface area (Å²) in [4.78, 5) is 32.8. The fourth-order valence-electron chi connectivity index (χ4n) is 0.963. The van der Waals surface area contributed by atoms with Crippen molar-refractivity contribution >= 4 is 17.7 Å². The molecule has 0 aliphatic rings. The van der Waals surface area contributed by atoms with Crippen LogP contribution in [0, 0.1) is 0 Å². The number of primary amides is 1. The van der Waals surface area contributed by atoms with Crippen molar-refractivity contribution in [1.29, 1.82) is 0 Å². The van der Waals surface area contributed by atoms with Crippen molar-refractivity contribution in [1.82, 2.24) is 10.9 Å². The lowest BCUT2D eigenvalue weighted by molar-refractivity contribution is -0.117. The van der Waals surface area contributed by atoms with Gasteiger partial charge < -0.3 is 10.8 Å². The van der Waals surface area contributed by atoms with Gasteiger partial charge in [0, 0.05) is 0 Å². The molecule has 0 spiro atoms. The number of nitrogens with one attached hydrogen (secondary N) is 2. The summed E-state index contributed by atoms with van der Waals surface area (Å²) in [6.45, 7) is 0. The number of phenolic OH excluding ortho intramolecular Hbond substituents is 1. The van der Waals surface area contributed by atoms with Crippen molar-refractivity contribution in [2.45, 2.75) is 0 Å². The van der Waals surface area contributed by atoms with Crippen molar-refractivity contribution in [2.75, 3.05) is 0 Å². The van der Waals surface area contributed by atoms with Crippen molar-refractivity contribution < 1.29 is 19.5 Å². The SMILES string of the molecule is NC(=O)NNC(=O)C(=O)c1ccccc1O. The molecular weight excluding hydrogens is 214 g/mol. The van der Waals surface area contributed by atoms with Crippen LogP contribution in [0.3, 0.4) is 0 Å². The summed E-state index contributed by atoms with van der Waals surface area (Å²) in [5.74, 6) is -2.39. The first kappa shape index (κ1) is 11.5. The molecule has 7 nitrogen and oxygen atoms in total. The Hall–Kier alpha value is -2.57. The molecule has 7 heteroatoms. The first-order valence-electron chi connectivity index (χ1n) is 4.20. The Morgan fingerprint density at radius 3 is 2.31 bits per heavy atom. The molecule has 0 unspecified atom stereocenters. The van der Waals surface area contributed by atoms with Gasteiger partial charge >= 0.3 is 11.9 Å². The van der Waals surface area contributed by atoms with E-state index in [1.165, 1.54) is 24.3 Å². The van der Waals surface area contributed by atoms with Gasteiger partial charge in [0.25, 0.3) is 5.78 Å². The van der Waals surface area contributed by atoms with Crippen molar-refractivity contribution in [3.63, 3.8) is 0 Å². The van der Waals surface area contributed by atoms with E-state index >= 15 is 0 Å². The highest BCUT2D eigenvalue weighted by molar-refractivity contribution is 6.43. The van der Waals surface area contributed by atoms with E-state index in [0.29, 0.717) is 0 Å². The second-order valence-electron chi connectivity index (χ2n) is 2.79. The molecule has 0 aliphatic heterocycles. The Morgan fingerprint density at radius 1 is 1.12 bits per heavy atom. The predicted molar refractivity (Wildman–Crippen MR) is 53.3 cm³/mol. The Morgan fingerprint density at radius 2 is 1.75 bits per heavy atom. The van der Waals surface area contributed by atoms with Crippen molar-refractivity contribution in [2.24, 2.45) is 5.73 Å². The van der Waals surface area contributed by atoms with E-state index in [-0.39, 0.29) is 11.3 Å². The first-order chi connectivity index (χ1) is 7.52. The topological polar surface area (TPSA) is 122 Å². The van der Waals surface area contributed by atoms with Crippen LogP contribution in [0.1, 0.15) is 10.4 Å². The number of hydrazine groups is 1. The summed E-state index contributed by atoms with van der Waals surface area (Å²) in [6, 6.07) is 4.54. The van der Waals surface area contributed by atoms with Crippen LogP contribution < -0.4 is 16.6 Å². The minimum absolute atomic E-state index is 0.161. The van der Waals surface area contributed by atoms with Crippen LogP contribution in [0.2, 0.25) is 0 Å². The monoisotopic (exact) mass is 223 g/mol. The van der Waals surface area contributed by atoms with E-state index < -0.39 is 17.7 Å². The number of rotatable bonds is 2. The second-order valence-corrected chi connectivity index (χ2v) is 2.79. The van der Waals surface area contributed by atoms with Gasteiger partial charge in [-0.25, -0.2) is 10.2 Å². The molecule has 0 radical (unpaired) electrons. The third kappa shape index (κ3) is 2.71. The van der Waals surface area contributed by atoms with Crippen LogP contribution >= 0.6 is 0 Å². The maximum atomic E-state index is 11.4. The molecule has 5 N–H and O–H groups in total. The van der Waals surface area contributed by atoms with Gasteiger partial charge in [0.1, 0.15) is 5.75 Å². The quantitative estimate of drug-likeness (QED) is 0.300. The number of para-hydroxylation sites is 1. The van der Waals surface area contributed by atoms with Crippen LogP contribution in [0.25, 0.3) is 0 Å². The summed E-state index contributed by atoms with van der Waals surface area (Å²) in [5, 5.41) is 9.29. The number of nitrogens with two attached hydrogens (primary N) is 1. The number of carbonyl (C=O) groups excluding carboxylic acids is 3. The van der Waals surface area contributed by atoms with Crippen LogP contribution in [0.5, 0.6) is 5.75 Å². The van der Waals surface area contributed by atoms with E-state index in [9.17, 15) is 19.5 Å². The molecule has 0 aliphatic carbocycles. The molecule has 0 saturated carbocycles. The molecule has 84 valence electrons. The zero-order valence-electron chi connectivity index (χ0n) is 8.06. The molecule has 1 aromatic rings. The lowest BCUT2D eigenvalue weighted by Gasteiger charge is -2.04. The second kappa shape index (κ2) is 4.78. The van der Waals surface area contributed by atoms with Crippen LogP contribution in [0.4, 0.5) is 4.79 Å². The first-order valence-corrected chi connectivity index (χ1v) is 4.20. The average molecular weight is 223 g/mol. The van der Waals surface area contributed by atoms with Crippen LogP contribution in [-0.4, -0.2) is 22.8 Å². The van der Waals surface area contributed by atoms with Crippen LogP contribution in [-0.2, 0) is 4.79 Å². The van der Waals surface area contributed by atoms with Crippen LogP contribution in [0.15, 0.2) is 24.3 Å². The maximum absolute atomic E-state index is 11.4. The number of hydrogen-bond acceptors (Lipinski definition) is 4. The lowest BCUT2D eigenvalue weighted by atomic mass is 10.1. The highest BCUT2D eigenvalue weighted by atomic mass is 16.3. The molecule has 3 amide bonds. The summed E-state index contributed by atoms with van der Waals surface area (Å²) < 4.78 is 0. The Kier molecular flexibility index (Phi) is 3.44. The van der Waals surface area contributed by atoms with Gasteiger partial charge in [0.15, 0.2) is 0 Å². The van der Waals surface area contributed by atoms with Gasteiger partial charge in [-0.3, -0.25) is 15.0 Å². The van der Waals surface area contributed by atoms with Gasteiger partial charge in [0.05, 0.1) is 5.56 Å². The van der Waals surface area contributed by atoms with E-state index in [2.05, 4.69) is 5.73 Å². The molecule has 0 atom stereocenters. The fraction of sp³-hybridized carbons (Fsp3) is 0. The molecule has 1 rings (SSSR count). The average Bonchev–Trinajstić information content (AvgIpc) is 2.25. The van der Waals surface area contributed by atoms with E-state index in [1.807, 2.05) is 0 Å². The van der Waals surface area contributed by atoms with E-state index in [1.54, 1.807) is 10.9 Å². The Balaban J connectivity index is 2.75. The third-order valence-electron chi connectivity index (χ3n) is 1.65. The zero-order chi connectivity index (χ0) is 12.1. The number of hydrogen-bond donors (Lipinski definition) is 4. The zero-order valence-corrected chi connectivity index (χ0v) is 8.06. The van der Waals surface area contributed by atoms with Crippen molar-refractivity contribution in [3.8, 4) is 5.75 Å². The molecule has 0 heterocycles. The molecule has 1 aromatic carbocycles. The van der Waals surface area contributed by atoms with Crippen molar-refractivity contribution in [3.05, 3.63) is 29.8 Å². The molecular formula is C9H9N3O4. The Labute approximate surface area is 90.2 Å². The summed E-state index contributed by atoms with van der Waals surface area (Å²) in [7, 11) is 0. The molecule has 0 saturated heterocycles. The molecule has 0 fully saturated rings. The third-order valence-corrected chi connectivity index (χ3v) is 1.65. The molecule has 0 bridgehead atoms. The number of amides is 3. The van der Waals surface area contributed by atoms with E-state index in [0.717, 1.165) is 0 Å². The van der Waals surface area contributed by atoms with Gasteiger partial charge in [-0.1, -0.05) is 12.1 Å². The normalized spacial score (nSPS) is 9.25. The smallest absolute Gasteiger partial charge is 0.330 e.